The molecule has 0 fully saturated rings. The summed E-state index contributed by atoms with van der Waals surface area (Å²) in [5.74, 6) is -2.03. The van der Waals surface area contributed by atoms with Crippen LogP contribution < -0.4 is 10.9 Å². The molecule has 2 aromatic carbocycles. The van der Waals surface area contributed by atoms with Crippen molar-refractivity contribution in [2.45, 2.75) is 46.1 Å². The van der Waals surface area contributed by atoms with E-state index in [-0.39, 0.29) is 29.1 Å². The average Bonchev–Trinajstić information content (AvgIpc) is 2.87. The third-order valence-electron chi connectivity index (χ3n) is 5.32. The molecule has 0 unspecified atom stereocenters. The molecule has 0 saturated heterocycles. The highest BCUT2D eigenvalue weighted by atomic mass is 16.5. The van der Waals surface area contributed by atoms with Crippen molar-refractivity contribution >= 4 is 34.3 Å². The Kier molecular flexibility index (Phi) is 9.11. The topological polar surface area (TPSA) is 117 Å². The van der Waals surface area contributed by atoms with Gasteiger partial charge in [0.2, 0.25) is 0 Å². The van der Waals surface area contributed by atoms with Gasteiger partial charge in [0, 0.05) is 11.9 Å². The van der Waals surface area contributed by atoms with Gasteiger partial charge in [0.1, 0.15) is 0 Å². The number of rotatable bonds is 11. The molecule has 35 heavy (non-hydrogen) atoms. The summed E-state index contributed by atoms with van der Waals surface area (Å²) in [5, 5.41) is 7.54. The van der Waals surface area contributed by atoms with E-state index in [1.54, 1.807) is 49.4 Å². The van der Waals surface area contributed by atoms with Crippen LogP contribution in [0.3, 0.4) is 0 Å². The Hall–Kier alpha value is -4.01. The molecule has 184 valence electrons. The van der Waals surface area contributed by atoms with Gasteiger partial charge in [-0.1, -0.05) is 56.5 Å². The van der Waals surface area contributed by atoms with Crippen LogP contribution in [0.5, 0.6) is 0 Å². The second kappa shape index (κ2) is 12.5. The van der Waals surface area contributed by atoms with Crippen molar-refractivity contribution in [3.63, 3.8) is 0 Å². The lowest BCUT2D eigenvalue weighted by atomic mass is 10.1. The van der Waals surface area contributed by atoms with Crippen molar-refractivity contribution in [3.8, 4) is 0 Å². The molecule has 0 saturated carbocycles. The van der Waals surface area contributed by atoms with Gasteiger partial charge in [-0.25, -0.2) is 14.3 Å². The van der Waals surface area contributed by atoms with Gasteiger partial charge in [-0.3, -0.25) is 9.59 Å². The van der Waals surface area contributed by atoms with Gasteiger partial charge in [0.15, 0.2) is 12.3 Å². The molecule has 0 radical (unpaired) electrons. The molecule has 9 heteroatoms. The average molecular weight is 480 g/mol. The van der Waals surface area contributed by atoms with Crippen LogP contribution in [0, 0.1) is 0 Å². The first kappa shape index (κ1) is 25.6. The highest BCUT2D eigenvalue weighted by Gasteiger charge is 2.20. The summed E-state index contributed by atoms with van der Waals surface area (Å²) in [6.45, 7) is 3.77. The number of para-hydroxylation sites is 1. The summed E-state index contributed by atoms with van der Waals surface area (Å²) < 4.78 is 11.5. The summed E-state index contributed by atoms with van der Waals surface area (Å²) in [6.07, 6.45) is 3.82. The number of amides is 1. The largest absolute Gasteiger partial charge is 0.462 e. The number of fused-ring (bicyclic) bond motifs is 1. The zero-order valence-corrected chi connectivity index (χ0v) is 19.9. The molecule has 3 rings (SSSR count). The third kappa shape index (κ3) is 6.53. The SMILES string of the molecule is CCCCCCn1nc(C(=O)OCC(=O)Nc2ccccc2C(=O)OCC)c2ccccc2c1=O. The Labute approximate surface area is 203 Å². The lowest BCUT2D eigenvalue weighted by Gasteiger charge is -2.12. The predicted molar refractivity (Wildman–Crippen MR) is 131 cm³/mol. The first-order chi connectivity index (χ1) is 17.0. The Morgan fingerprint density at radius 2 is 1.60 bits per heavy atom. The predicted octanol–water partition coefficient (Wildman–Crippen LogP) is 3.95. The van der Waals surface area contributed by atoms with Crippen LogP contribution in [-0.2, 0) is 20.8 Å². The Morgan fingerprint density at radius 1 is 0.886 bits per heavy atom. The molecule has 0 aliphatic carbocycles. The number of hydrogen-bond donors (Lipinski definition) is 1. The van der Waals surface area contributed by atoms with E-state index in [1.807, 2.05) is 0 Å². The normalized spacial score (nSPS) is 10.7. The van der Waals surface area contributed by atoms with Crippen LogP contribution in [0.1, 0.15) is 60.4 Å². The van der Waals surface area contributed by atoms with Crippen molar-refractivity contribution < 1.29 is 23.9 Å². The number of ether oxygens (including phenoxy) is 2. The zero-order chi connectivity index (χ0) is 25.2. The van der Waals surface area contributed by atoms with Gasteiger partial charge in [-0.2, -0.15) is 5.10 Å². The summed E-state index contributed by atoms with van der Waals surface area (Å²) in [4.78, 5) is 50.2. The summed E-state index contributed by atoms with van der Waals surface area (Å²) in [5.41, 5.74) is 0.130. The number of carbonyl (C=O) groups excluding carboxylic acids is 3. The van der Waals surface area contributed by atoms with Gasteiger partial charge in [0.25, 0.3) is 11.5 Å². The van der Waals surface area contributed by atoms with Crippen LogP contribution in [0.2, 0.25) is 0 Å². The number of esters is 2. The maximum atomic E-state index is 12.9. The first-order valence-electron chi connectivity index (χ1n) is 11.7. The van der Waals surface area contributed by atoms with E-state index in [9.17, 15) is 19.2 Å². The van der Waals surface area contributed by atoms with E-state index < -0.39 is 24.5 Å². The number of unbranched alkanes of at least 4 members (excludes halogenated alkanes) is 3. The van der Waals surface area contributed by atoms with E-state index in [0.717, 1.165) is 25.7 Å². The van der Waals surface area contributed by atoms with Crippen LogP contribution >= 0.6 is 0 Å². The van der Waals surface area contributed by atoms with Gasteiger partial charge in [0.05, 0.1) is 23.2 Å². The highest BCUT2D eigenvalue weighted by molar-refractivity contribution is 6.04. The lowest BCUT2D eigenvalue weighted by Crippen LogP contribution is -2.28. The second-order valence-corrected chi connectivity index (χ2v) is 7.87. The fourth-order valence-electron chi connectivity index (χ4n) is 3.59. The third-order valence-corrected chi connectivity index (χ3v) is 5.32. The monoisotopic (exact) mass is 479 g/mol. The number of aryl methyl sites for hydroxylation is 1. The minimum Gasteiger partial charge on any atom is -0.462 e. The lowest BCUT2D eigenvalue weighted by molar-refractivity contribution is -0.119. The van der Waals surface area contributed by atoms with Crippen molar-refractivity contribution in [2.75, 3.05) is 18.5 Å². The fourth-order valence-corrected chi connectivity index (χ4v) is 3.59. The van der Waals surface area contributed by atoms with Crippen LogP contribution in [0.15, 0.2) is 53.3 Å². The molecule has 0 aliphatic rings. The molecular formula is C26H29N3O6. The fraction of sp³-hybridized carbons (Fsp3) is 0.346. The summed E-state index contributed by atoms with van der Waals surface area (Å²) in [7, 11) is 0. The minimum absolute atomic E-state index is 0.0320. The maximum Gasteiger partial charge on any atom is 0.359 e. The van der Waals surface area contributed by atoms with Crippen molar-refractivity contribution in [3.05, 3.63) is 70.1 Å². The molecule has 3 aromatic rings. The summed E-state index contributed by atoms with van der Waals surface area (Å²) in [6, 6.07) is 13.1. The van der Waals surface area contributed by atoms with Gasteiger partial charge < -0.3 is 14.8 Å². The van der Waals surface area contributed by atoms with Gasteiger partial charge in [-0.15, -0.1) is 0 Å². The molecule has 0 bridgehead atoms. The molecule has 1 heterocycles. The standard InChI is InChI=1S/C26H29N3O6/c1-3-5-6-11-16-29-24(31)19-13-8-7-12-18(19)23(28-29)26(33)35-17-22(30)27-21-15-10-9-14-20(21)25(32)34-4-2/h7-10,12-15H,3-6,11,16-17H2,1-2H3,(H,27,30). The molecule has 0 aliphatic heterocycles. The molecule has 0 atom stereocenters. The number of nitrogens with zero attached hydrogens (tertiary/aromatic N) is 2. The highest BCUT2D eigenvalue weighted by Crippen LogP contribution is 2.17. The van der Waals surface area contributed by atoms with E-state index in [1.165, 1.54) is 10.7 Å². The minimum atomic E-state index is -0.822. The number of nitrogens with one attached hydrogen (secondary N) is 1. The Balaban J connectivity index is 1.74. The summed E-state index contributed by atoms with van der Waals surface area (Å²) >= 11 is 0. The van der Waals surface area contributed by atoms with E-state index in [2.05, 4.69) is 17.3 Å². The second-order valence-electron chi connectivity index (χ2n) is 7.87. The van der Waals surface area contributed by atoms with Crippen LogP contribution in [0.4, 0.5) is 5.69 Å². The molecule has 0 spiro atoms. The van der Waals surface area contributed by atoms with Gasteiger partial charge >= 0.3 is 11.9 Å². The Bertz CT molecular complexity index is 1270. The van der Waals surface area contributed by atoms with E-state index in [0.29, 0.717) is 17.3 Å². The van der Waals surface area contributed by atoms with Crippen LogP contribution in [-0.4, -0.2) is 40.8 Å². The molecule has 1 amide bonds. The molecule has 1 N–H and O–H groups in total. The van der Waals surface area contributed by atoms with Crippen LogP contribution in [0.25, 0.3) is 10.8 Å². The van der Waals surface area contributed by atoms with Crippen molar-refractivity contribution in [1.29, 1.82) is 0 Å². The molecule has 1 aromatic heterocycles. The van der Waals surface area contributed by atoms with E-state index >= 15 is 0 Å². The molecular weight excluding hydrogens is 450 g/mol. The van der Waals surface area contributed by atoms with Gasteiger partial charge in [-0.05, 0) is 31.5 Å². The quantitative estimate of drug-likeness (QED) is 0.327. The smallest absolute Gasteiger partial charge is 0.359 e. The number of carbonyl (C=O) groups is 3. The molecule has 9 nitrogen and oxygen atoms in total. The van der Waals surface area contributed by atoms with Crippen molar-refractivity contribution in [1.82, 2.24) is 9.78 Å². The van der Waals surface area contributed by atoms with E-state index in [4.69, 9.17) is 9.47 Å². The number of benzene rings is 2. The zero-order valence-electron chi connectivity index (χ0n) is 19.9. The Morgan fingerprint density at radius 3 is 2.34 bits per heavy atom. The number of hydrogen-bond acceptors (Lipinski definition) is 7. The van der Waals surface area contributed by atoms with Crippen molar-refractivity contribution in [2.24, 2.45) is 0 Å². The first-order valence-corrected chi connectivity index (χ1v) is 11.7. The maximum absolute atomic E-state index is 12.9. The number of anilines is 1. The number of aromatic nitrogens is 2.